The number of ether oxygens (including phenoxy) is 1. The van der Waals surface area contributed by atoms with Crippen LogP contribution in [-0.4, -0.2) is 25.9 Å². The van der Waals surface area contributed by atoms with Gasteiger partial charge in [-0.3, -0.25) is 0 Å². The molecule has 0 N–H and O–H groups in total. The fourth-order valence-corrected chi connectivity index (χ4v) is 2.20. The summed E-state index contributed by atoms with van der Waals surface area (Å²) in [7, 11) is 0. The lowest BCUT2D eigenvalue weighted by Gasteiger charge is -2.09. The number of nitrogens with zero attached hydrogens (tertiary/aromatic N) is 4. The molecule has 6 nitrogen and oxygen atoms in total. The first-order valence-corrected chi connectivity index (χ1v) is 7.32. The summed E-state index contributed by atoms with van der Waals surface area (Å²) in [6.45, 7) is 1.89. The lowest BCUT2D eigenvalue weighted by atomic mass is 10.1. The number of aromatic nitrogens is 4. The van der Waals surface area contributed by atoms with Crippen molar-refractivity contribution in [2.24, 2.45) is 0 Å². The number of aryl methyl sites for hydroxylation is 1. The molecule has 0 atom stereocenters. The van der Waals surface area contributed by atoms with E-state index >= 15 is 0 Å². The van der Waals surface area contributed by atoms with E-state index in [1.54, 1.807) is 30.5 Å². The topological polar surface area (TPSA) is 69.9 Å². The number of benzene rings is 1. The van der Waals surface area contributed by atoms with Crippen LogP contribution in [0, 0.1) is 6.92 Å². The first-order valence-electron chi connectivity index (χ1n) is 6.56. The van der Waals surface area contributed by atoms with E-state index in [4.69, 9.17) is 27.9 Å². The van der Waals surface area contributed by atoms with Gasteiger partial charge in [-0.25, -0.2) is 9.48 Å². The fraction of sp³-hybridized carbons (Fsp3) is 0.0667. The van der Waals surface area contributed by atoms with Crippen molar-refractivity contribution in [2.45, 2.75) is 6.92 Å². The smallest absolute Gasteiger partial charge is 0.343 e. The van der Waals surface area contributed by atoms with Crippen molar-refractivity contribution in [3.05, 3.63) is 64.0 Å². The van der Waals surface area contributed by atoms with E-state index in [1.807, 2.05) is 13.0 Å². The molecule has 3 rings (SSSR count). The highest BCUT2D eigenvalue weighted by molar-refractivity contribution is 6.29. The maximum absolute atomic E-state index is 12.3. The summed E-state index contributed by atoms with van der Waals surface area (Å²) >= 11 is 11.6. The third kappa shape index (κ3) is 3.49. The Bertz CT molecular complexity index is 879. The molecule has 8 heteroatoms. The fourth-order valence-electron chi connectivity index (χ4n) is 1.93. The summed E-state index contributed by atoms with van der Waals surface area (Å²) in [5.74, 6) is -0.184. The molecule has 23 heavy (non-hydrogen) atoms. The minimum atomic E-state index is -0.530. The maximum atomic E-state index is 12.3. The van der Waals surface area contributed by atoms with E-state index < -0.39 is 5.97 Å². The molecular formula is C15H10Cl2N4O2. The molecule has 0 saturated carbocycles. The zero-order chi connectivity index (χ0) is 16.4. The highest BCUT2D eigenvalue weighted by atomic mass is 35.5. The van der Waals surface area contributed by atoms with Crippen molar-refractivity contribution >= 4 is 29.2 Å². The van der Waals surface area contributed by atoms with Gasteiger partial charge >= 0.3 is 5.97 Å². The zero-order valence-corrected chi connectivity index (χ0v) is 13.4. The van der Waals surface area contributed by atoms with Gasteiger partial charge in [0.05, 0.1) is 5.56 Å². The molecule has 0 aliphatic rings. The van der Waals surface area contributed by atoms with Crippen LogP contribution in [0.5, 0.6) is 5.75 Å². The van der Waals surface area contributed by atoms with Gasteiger partial charge in [0.1, 0.15) is 0 Å². The van der Waals surface area contributed by atoms with Gasteiger partial charge in [0.25, 0.3) is 0 Å². The molecule has 0 saturated heterocycles. The van der Waals surface area contributed by atoms with Crippen LogP contribution in [0.15, 0.2) is 42.6 Å². The first-order chi connectivity index (χ1) is 11.0. The second-order valence-electron chi connectivity index (χ2n) is 4.70. The maximum Gasteiger partial charge on any atom is 0.343 e. The molecule has 0 unspecified atom stereocenters. The summed E-state index contributed by atoms with van der Waals surface area (Å²) in [5, 5.41) is 12.0. The van der Waals surface area contributed by atoms with Gasteiger partial charge < -0.3 is 4.74 Å². The molecule has 0 amide bonds. The lowest BCUT2D eigenvalue weighted by molar-refractivity contribution is 0.0733. The average Bonchev–Trinajstić information content (AvgIpc) is 2.93. The molecule has 2 aromatic heterocycles. The monoisotopic (exact) mass is 348 g/mol. The van der Waals surface area contributed by atoms with Crippen LogP contribution in [0.3, 0.4) is 0 Å². The largest absolute Gasteiger partial charge is 0.419 e. The highest BCUT2D eigenvalue weighted by Gasteiger charge is 2.16. The van der Waals surface area contributed by atoms with Crippen molar-refractivity contribution in [1.82, 2.24) is 20.0 Å². The molecular weight excluding hydrogens is 339 g/mol. The zero-order valence-electron chi connectivity index (χ0n) is 11.9. The van der Waals surface area contributed by atoms with Crippen LogP contribution in [0.2, 0.25) is 10.3 Å². The number of carbonyl (C=O) groups excluding carboxylic acids is 1. The predicted octanol–water partition coefficient (Wildman–Crippen LogP) is 3.50. The van der Waals surface area contributed by atoms with E-state index in [0.29, 0.717) is 5.56 Å². The summed E-state index contributed by atoms with van der Waals surface area (Å²) in [5.41, 5.74) is 1.37. The van der Waals surface area contributed by atoms with Gasteiger partial charge in [-0.2, -0.15) is 5.10 Å². The second kappa shape index (κ2) is 6.36. The predicted molar refractivity (Wildman–Crippen MR) is 85.3 cm³/mol. The van der Waals surface area contributed by atoms with Gasteiger partial charge in [0, 0.05) is 12.3 Å². The Labute approximate surface area is 141 Å². The van der Waals surface area contributed by atoms with E-state index in [1.165, 1.54) is 10.7 Å². The number of hydrogen-bond acceptors (Lipinski definition) is 5. The van der Waals surface area contributed by atoms with Crippen LogP contribution in [0.1, 0.15) is 15.9 Å². The van der Waals surface area contributed by atoms with E-state index in [-0.39, 0.29) is 21.9 Å². The molecule has 0 spiro atoms. The molecule has 2 heterocycles. The van der Waals surface area contributed by atoms with Crippen molar-refractivity contribution in [1.29, 1.82) is 0 Å². The third-order valence-corrected chi connectivity index (χ3v) is 3.33. The van der Waals surface area contributed by atoms with Crippen LogP contribution in [0.4, 0.5) is 0 Å². The minimum absolute atomic E-state index is 0.0963. The minimum Gasteiger partial charge on any atom is -0.419 e. The Kier molecular flexibility index (Phi) is 4.27. The van der Waals surface area contributed by atoms with Gasteiger partial charge in [-0.15, -0.1) is 10.2 Å². The Balaban J connectivity index is 1.96. The van der Waals surface area contributed by atoms with Gasteiger partial charge in [0.15, 0.2) is 16.1 Å². The van der Waals surface area contributed by atoms with Crippen LogP contribution >= 0.6 is 23.2 Å². The van der Waals surface area contributed by atoms with E-state index in [2.05, 4.69) is 15.3 Å². The first kappa shape index (κ1) is 15.5. The molecule has 0 aliphatic carbocycles. The number of esters is 1. The Morgan fingerprint density at radius 2 is 1.96 bits per heavy atom. The number of halogens is 2. The average molecular weight is 349 g/mol. The summed E-state index contributed by atoms with van der Waals surface area (Å²) in [6, 6.07) is 10.0. The Morgan fingerprint density at radius 1 is 1.13 bits per heavy atom. The summed E-state index contributed by atoms with van der Waals surface area (Å²) in [4.78, 5) is 12.3. The quantitative estimate of drug-likeness (QED) is 0.677. The van der Waals surface area contributed by atoms with Crippen molar-refractivity contribution in [3.63, 3.8) is 0 Å². The highest BCUT2D eigenvalue weighted by Crippen LogP contribution is 2.24. The van der Waals surface area contributed by atoms with E-state index in [0.717, 1.165) is 5.56 Å². The van der Waals surface area contributed by atoms with Gasteiger partial charge in [-0.05, 0) is 25.1 Å². The normalized spacial score (nSPS) is 10.6. The molecule has 0 radical (unpaired) electrons. The number of hydrogen-bond donors (Lipinski definition) is 0. The summed E-state index contributed by atoms with van der Waals surface area (Å²) < 4.78 is 6.75. The molecule has 0 fully saturated rings. The second-order valence-corrected chi connectivity index (χ2v) is 5.47. The molecule has 1 aromatic carbocycles. The molecule has 116 valence electrons. The Morgan fingerprint density at radius 3 is 2.65 bits per heavy atom. The standard InChI is InChI=1S/C15H10Cl2N4O2/c1-9-3-2-4-10(7-9)15(22)23-11-8-13(17)18-19-14(11)21-6-5-12(16)20-21/h2-8H,1H3. The third-order valence-electron chi connectivity index (χ3n) is 2.94. The molecule has 0 bridgehead atoms. The molecule has 0 aliphatic heterocycles. The number of rotatable bonds is 3. The summed E-state index contributed by atoms with van der Waals surface area (Å²) in [6.07, 6.45) is 1.57. The number of carbonyl (C=O) groups is 1. The van der Waals surface area contributed by atoms with Crippen molar-refractivity contribution in [2.75, 3.05) is 0 Å². The van der Waals surface area contributed by atoms with Gasteiger partial charge in [0.2, 0.25) is 5.82 Å². The SMILES string of the molecule is Cc1cccc(C(=O)Oc2cc(Cl)nnc2-n2ccc(Cl)n2)c1. The van der Waals surface area contributed by atoms with Crippen molar-refractivity contribution in [3.8, 4) is 11.6 Å². The molecule has 3 aromatic rings. The van der Waals surface area contributed by atoms with Crippen LogP contribution in [0.25, 0.3) is 5.82 Å². The van der Waals surface area contributed by atoms with Crippen molar-refractivity contribution < 1.29 is 9.53 Å². The lowest BCUT2D eigenvalue weighted by Crippen LogP contribution is -2.12. The van der Waals surface area contributed by atoms with Crippen LogP contribution < -0.4 is 4.74 Å². The van der Waals surface area contributed by atoms with Crippen LogP contribution in [-0.2, 0) is 0 Å². The Hall–Kier alpha value is -2.44. The van der Waals surface area contributed by atoms with E-state index in [9.17, 15) is 4.79 Å². The van der Waals surface area contributed by atoms with Gasteiger partial charge in [-0.1, -0.05) is 40.9 Å².